The Morgan fingerprint density at radius 2 is 1.61 bits per heavy atom. The van der Waals surface area contributed by atoms with E-state index in [9.17, 15) is 13.2 Å². The summed E-state index contributed by atoms with van der Waals surface area (Å²) in [5.41, 5.74) is 7.93. The van der Waals surface area contributed by atoms with Crippen molar-refractivity contribution in [2.75, 3.05) is 5.32 Å². The molecule has 0 spiro atoms. The molecule has 0 bridgehead atoms. The number of alkyl halides is 3. The van der Waals surface area contributed by atoms with Crippen LogP contribution in [0, 0.1) is 0 Å². The van der Waals surface area contributed by atoms with Crippen LogP contribution in [0.5, 0.6) is 0 Å². The molecular formula is C21H15BrF3N3. The number of rotatable bonds is 3. The quantitative estimate of drug-likeness (QED) is 0.360. The van der Waals surface area contributed by atoms with E-state index in [1.807, 2.05) is 30.3 Å². The van der Waals surface area contributed by atoms with Gasteiger partial charge in [0.05, 0.1) is 22.3 Å². The van der Waals surface area contributed by atoms with Crippen molar-refractivity contribution >= 4 is 49.1 Å². The molecule has 0 atom stereocenters. The lowest BCUT2D eigenvalue weighted by Crippen LogP contribution is -2.08. The van der Waals surface area contributed by atoms with Crippen LogP contribution in [0.1, 0.15) is 11.1 Å². The number of fused-ring (bicyclic) bond motifs is 2. The van der Waals surface area contributed by atoms with Gasteiger partial charge in [-0.3, -0.25) is 0 Å². The minimum Gasteiger partial charge on any atom is -0.355 e. The van der Waals surface area contributed by atoms with Crippen LogP contribution in [-0.2, 0) is 12.7 Å². The molecule has 0 fully saturated rings. The Labute approximate surface area is 167 Å². The summed E-state index contributed by atoms with van der Waals surface area (Å²) < 4.78 is 40.4. The first-order valence-corrected chi connectivity index (χ1v) is 9.30. The average Bonchev–Trinajstić information content (AvgIpc) is 2.66. The first kappa shape index (κ1) is 18.7. The lowest BCUT2D eigenvalue weighted by molar-refractivity contribution is -0.137. The van der Waals surface area contributed by atoms with Gasteiger partial charge < -0.3 is 11.1 Å². The summed E-state index contributed by atoms with van der Waals surface area (Å²) in [6.07, 6.45) is -4.46. The van der Waals surface area contributed by atoms with Crippen molar-refractivity contribution in [2.24, 2.45) is 5.73 Å². The van der Waals surface area contributed by atoms with Gasteiger partial charge >= 0.3 is 6.18 Å². The lowest BCUT2D eigenvalue weighted by atomic mass is 10.1. The van der Waals surface area contributed by atoms with E-state index in [-0.39, 0.29) is 5.69 Å². The summed E-state index contributed by atoms with van der Waals surface area (Å²) in [6, 6.07) is 17.2. The molecule has 3 aromatic carbocycles. The lowest BCUT2D eigenvalue weighted by Gasteiger charge is -2.15. The highest BCUT2D eigenvalue weighted by atomic mass is 79.9. The minimum atomic E-state index is -4.46. The van der Waals surface area contributed by atoms with Crippen molar-refractivity contribution in [3.05, 3.63) is 76.3 Å². The van der Waals surface area contributed by atoms with Crippen molar-refractivity contribution in [2.45, 2.75) is 12.7 Å². The number of benzene rings is 3. The molecule has 3 nitrogen and oxygen atoms in total. The summed E-state index contributed by atoms with van der Waals surface area (Å²) in [7, 11) is 0. The highest BCUT2D eigenvalue weighted by Gasteiger charge is 2.33. The second kappa shape index (κ2) is 7.07. The van der Waals surface area contributed by atoms with Crippen molar-refractivity contribution in [1.29, 1.82) is 0 Å². The third kappa shape index (κ3) is 3.68. The Morgan fingerprint density at radius 1 is 0.893 bits per heavy atom. The Balaban J connectivity index is 1.77. The number of hydrogen-bond acceptors (Lipinski definition) is 3. The van der Waals surface area contributed by atoms with E-state index in [0.29, 0.717) is 22.2 Å². The number of nitrogens with one attached hydrogen (secondary N) is 1. The molecule has 0 saturated heterocycles. The second-order valence-corrected chi connectivity index (χ2v) is 7.36. The van der Waals surface area contributed by atoms with Crippen molar-refractivity contribution in [3.63, 3.8) is 0 Å². The number of pyridine rings is 1. The topological polar surface area (TPSA) is 50.9 Å². The summed E-state index contributed by atoms with van der Waals surface area (Å²) in [6.45, 7) is 0.418. The molecule has 4 rings (SSSR count). The molecule has 0 radical (unpaired) electrons. The van der Waals surface area contributed by atoms with Crippen LogP contribution >= 0.6 is 15.9 Å². The third-order valence-electron chi connectivity index (χ3n) is 4.48. The fraction of sp³-hybridized carbons (Fsp3) is 0.0952. The van der Waals surface area contributed by atoms with Gasteiger partial charge in [-0.05, 0) is 48.0 Å². The van der Waals surface area contributed by atoms with E-state index in [1.165, 1.54) is 6.07 Å². The summed E-state index contributed by atoms with van der Waals surface area (Å²) in [5, 5.41) is 4.76. The Hall–Kier alpha value is -2.64. The zero-order chi connectivity index (χ0) is 19.9. The molecule has 0 saturated carbocycles. The van der Waals surface area contributed by atoms with Gasteiger partial charge in [0.15, 0.2) is 0 Å². The number of hydrogen-bond donors (Lipinski definition) is 2. The zero-order valence-electron chi connectivity index (χ0n) is 14.5. The molecular weight excluding hydrogens is 431 g/mol. The van der Waals surface area contributed by atoms with Gasteiger partial charge in [-0.1, -0.05) is 34.1 Å². The number of anilines is 2. The highest BCUT2D eigenvalue weighted by molar-refractivity contribution is 9.10. The van der Waals surface area contributed by atoms with Gasteiger partial charge in [-0.25, -0.2) is 4.98 Å². The Morgan fingerprint density at radius 3 is 2.32 bits per heavy atom. The fourth-order valence-electron chi connectivity index (χ4n) is 3.09. The van der Waals surface area contributed by atoms with E-state index >= 15 is 0 Å². The Bertz CT molecular complexity index is 1190. The standard InChI is InChI=1S/C21H15BrF3N3/c22-15-4-6-18(17(9-15)21(23,24)25)27-16-5-3-14-8-13-2-1-12(11-26)7-19(13)28-20(14)10-16/h1-10,27H,11,26H2. The predicted molar refractivity (Wildman–Crippen MR) is 110 cm³/mol. The van der Waals surface area contributed by atoms with Crippen molar-refractivity contribution in [3.8, 4) is 0 Å². The van der Waals surface area contributed by atoms with Crippen LogP contribution in [0.3, 0.4) is 0 Å². The molecule has 142 valence electrons. The van der Waals surface area contributed by atoms with E-state index < -0.39 is 11.7 Å². The Kier molecular flexibility index (Phi) is 4.72. The first-order chi connectivity index (χ1) is 13.3. The minimum absolute atomic E-state index is 0.0127. The largest absolute Gasteiger partial charge is 0.418 e. The van der Waals surface area contributed by atoms with E-state index in [1.54, 1.807) is 18.2 Å². The van der Waals surface area contributed by atoms with Gasteiger partial charge in [-0.15, -0.1) is 0 Å². The van der Waals surface area contributed by atoms with Crippen LogP contribution in [0.25, 0.3) is 21.8 Å². The molecule has 3 N–H and O–H groups in total. The van der Waals surface area contributed by atoms with Gasteiger partial charge in [-0.2, -0.15) is 13.2 Å². The SMILES string of the molecule is NCc1ccc2cc3ccc(Nc4ccc(Br)cc4C(F)(F)F)cc3nc2c1. The molecule has 7 heteroatoms. The predicted octanol–water partition coefficient (Wildman–Crippen LogP) is 6.37. The molecule has 4 aromatic rings. The zero-order valence-corrected chi connectivity index (χ0v) is 16.1. The van der Waals surface area contributed by atoms with E-state index in [0.717, 1.165) is 27.9 Å². The summed E-state index contributed by atoms with van der Waals surface area (Å²) in [4.78, 5) is 4.65. The summed E-state index contributed by atoms with van der Waals surface area (Å²) in [5.74, 6) is 0. The monoisotopic (exact) mass is 445 g/mol. The van der Waals surface area contributed by atoms with Crippen LogP contribution < -0.4 is 11.1 Å². The number of nitrogens with two attached hydrogens (primary N) is 1. The molecule has 0 aliphatic heterocycles. The van der Waals surface area contributed by atoms with Crippen LogP contribution in [-0.4, -0.2) is 4.98 Å². The molecule has 28 heavy (non-hydrogen) atoms. The number of nitrogens with zero attached hydrogens (tertiary/aromatic N) is 1. The normalized spacial score (nSPS) is 11.9. The van der Waals surface area contributed by atoms with Crippen LogP contribution in [0.2, 0.25) is 0 Å². The van der Waals surface area contributed by atoms with Gasteiger partial charge in [0, 0.05) is 27.5 Å². The maximum Gasteiger partial charge on any atom is 0.418 e. The molecule has 1 aromatic heterocycles. The fourth-order valence-corrected chi connectivity index (χ4v) is 3.45. The molecule has 0 aliphatic carbocycles. The molecule has 0 aliphatic rings. The molecule has 0 unspecified atom stereocenters. The maximum atomic E-state index is 13.3. The van der Waals surface area contributed by atoms with Crippen molar-refractivity contribution in [1.82, 2.24) is 4.98 Å². The molecule has 1 heterocycles. The van der Waals surface area contributed by atoms with Crippen LogP contribution in [0.4, 0.5) is 24.5 Å². The van der Waals surface area contributed by atoms with Crippen molar-refractivity contribution < 1.29 is 13.2 Å². The second-order valence-electron chi connectivity index (χ2n) is 6.44. The van der Waals surface area contributed by atoms with Gasteiger partial charge in [0.2, 0.25) is 0 Å². The van der Waals surface area contributed by atoms with Gasteiger partial charge in [0.25, 0.3) is 0 Å². The number of halogens is 4. The van der Waals surface area contributed by atoms with E-state index in [4.69, 9.17) is 5.73 Å². The maximum absolute atomic E-state index is 13.3. The summed E-state index contributed by atoms with van der Waals surface area (Å²) >= 11 is 3.09. The van der Waals surface area contributed by atoms with Gasteiger partial charge in [0.1, 0.15) is 0 Å². The average molecular weight is 446 g/mol. The van der Waals surface area contributed by atoms with Crippen LogP contribution in [0.15, 0.2) is 65.1 Å². The third-order valence-corrected chi connectivity index (χ3v) is 4.97. The first-order valence-electron chi connectivity index (χ1n) is 8.51. The molecule has 0 amide bonds. The number of aromatic nitrogens is 1. The highest BCUT2D eigenvalue weighted by Crippen LogP contribution is 2.38. The smallest absolute Gasteiger partial charge is 0.355 e. The van der Waals surface area contributed by atoms with E-state index in [2.05, 4.69) is 26.2 Å².